The first-order valence-corrected chi connectivity index (χ1v) is 13.6. The van der Waals surface area contributed by atoms with E-state index < -0.39 is 0 Å². The molecule has 2 aromatic heterocycles. The minimum atomic E-state index is -0.117. The number of hydrogen-bond donors (Lipinski definition) is 1. The Balaban J connectivity index is 1.19. The summed E-state index contributed by atoms with van der Waals surface area (Å²) in [5.41, 5.74) is 5.11. The first kappa shape index (κ1) is 22.5. The molecule has 0 aliphatic heterocycles. The molecule has 2 aromatic carbocycles. The summed E-state index contributed by atoms with van der Waals surface area (Å²) in [6.45, 7) is 2.75. The van der Waals surface area contributed by atoms with Gasteiger partial charge in [-0.25, -0.2) is 4.68 Å². The number of carbonyl (C=O) groups is 1. The number of aryl methyl sites for hydroxylation is 1. The molecule has 0 radical (unpaired) electrons. The molecule has 8 rings (SSSR count). The topological polar surface area (TPSA) is 64.7 Å². The van der Waals surface area contributed by atoms with Gasteiger partial charge in [-0.15, -0.1) is 0 Å². The number of para-hydroxylation sites is 1. The number of anilines is 1. The van der Waals surface area contributed by atoms with Crippen LogP contribution in [0.4, 0.5) is 5.82 Å². The number of nitrogens with one attached hydrogen (secondary N) is 1. The fourth-order valence-electron chi connectivity index (χ4n) is 7.63. The summed E-state index contributed by atoms with van der Waals surface area (Å²) in [6.07, 6.45) is 11.4. The number of aromatic nitrogens is 4. The van der Waals surface area contributed by atoms with E-state index in [0.29, 0.717) is 17.9 Å². The van der Waals surface area contributed by atoms with Gasteiger partial charge in [-0.05, 0) is 80.9 Å². The molecule has 188 valence electrons. The molecule has 0 atom stereocenters. The smallest absolute Gasteiger partial charge is 0.260 e. The Morgan fingerprint density at radius 2 is 1.59 bits per heavy atom. The van der Waals surface area contributed by atoms with Crippen molar-refractivity contribution in [3.63, 3.8) is 0 Å². The third kappa shape index (κ3) is 4.18. The second kappa shape index (κ2) is 8.72. The zero-order chi connectivity index (χ0) is 25.0. The van der Waals surface area contributed by atoms with Gasteiger partial charge in [0.25, 0.3) is 5.91 Å². The Bertz CT molecular complexity index is 1400. The van der Waals surface area contributed by atoms with Crippen molar-refractivity contribution in [2.75, 3.05) is 5.32 Å². The summed E-state index contributed by atoms with van der Waals surface area (Å²) in [6, 6.07) is 20.5. The SMILES string of the molecule is Cc1ccc(Cn2ccc(NC(=O)c3cn(-c4ccccc4)nc3C34CC5CC(CC(C5)C3)C4)n2)cc1. The van der Waals surface area contributed by atoms with Crippen molar-refractivity contribution in [1.29, 1.82) is 0 Å². The van der Waals surface area contributed by atoms with Crippen molar-refractivity contribution in [3.05, 3.63) is 95.4 Å². The van der Waals surface area contributed by atoms with Crippen molar-refractivity contribution in [2.24, 2.45) is 17.8 Å². The van der Waals surface area contributed by atoms with Gasteiger partial charge in [-0.1, -0.05) is 48.0 Å². The van der Waals surface area contributed by atoms with Crippen LogP contribution in [-0.2, 0) is 12.0 Å². The maximum atomic E-state index is 13.8. The molecule has 0 spiro atoms. The van der Waals surface area contributed by atoms with E-state index in [9.17, 15) is 4.79 Å². The molecular weight excluding hydrogens is 458 g/mol. The Hall–Kier alpha value is -3.67. The molecule has 2 heterocycles. The summed E-state index contributed by atoms with van der Waals surface area (Å²) in [4.78, 5) is 13.8. The third-order valence-electron chi connectivity index (χ3n) is 8.87. The molecule has 4 aliphatic rings. The van der Waals surface area contributed by atoms with Crippen LogP contribution < -0.4 is 5.32 Å². The number of hydrogen-bond acceptors (Lipinski definition) is 3. The van der Waals surface area contributed by atoms with Gasteiger partial charge >= 0.3 is 0 Å². The first-order valence-electron chi connectivity index (χ1n) is 13.6. The Morgan fingerprint density at radius 3 is 2.27 bits per heavy atom. The van der Waals surface area contributed by atoms with Crippen molar-refractivity contribution >= 4 is 11.7 Å². The van der Waals surface area contributed by atoms with E-state index in [0.717, 1.165) is 48.4 Å². The largest absolute Gasteiger partial charge is 0.305 e. The lowest BCUT2D eigenvalue weighted by Crippen LogP contribution is -2.49. The highest BCUT2D eigenvalue weighted by Gasteiger charge is 2.53. The van der Waals surface area contributed by atoms with Crippen LogP contribution in [0.25, 0.3) is 5.69 Å². The van der Waals surface area contributed by atoms with Gasteiger partial charge in [0.1, 0.15) is 0 Å². The van der Waals surface area contributed by atoms with Crippen LogP contribution in [0.2, 0.25) is 0 Å². The zero-order valence-electron chi connectivity index (χ0n) is 21.3. The summed E-state index contributed by atoms with van der Waals surface area (Å²) < 4.78 is 3.77. The molecule has 1 amide bonds. The van der Waals surface area contributed by atoms with E-state index >= 15 is 0 Å². The molecule has 6 nitrogen and oxygen atoms in total. The van der Waals surface area contributed by atoms with Crippen molar-refractivity contribution < 1.29 is 4.79 Å². The molecule has 37 heavy (non-hydrogen) atoms. The normalized spacial score (nSPS) is 25.9. The predicted molar refractivity (Wildman–Crippen MR) is 144 cm³/mol. The van der Waals surface area contributed by atoms with Crippen LogP contribution >= 0.6 is 0 Å². The molecular formula is C31H33N5O. The minimum absolute atomic E-state index is 0.0201. The second-order valence-corrected chi connectivity index (χ2v) is 11.7. The van der Waals surface area contributed by atoms with Gasteiger partial charge < -0.3 is 5.32 Å². The first-order chi connectivity index (χ1) is 18.0. The minimum Gasteiger partial charge on any atom is -0.305 e. The molecule has 4 aliphatic carbocycles. The van der Waals surface area contributed by atoms with Crippen LogP contribution in [0.1, 0.15) is 65.7 Å². The number of carbonyl (C=O) groups excluding carboxylic acids is 1. The van der Waals surface area contributed by atoms with Crippen LogP contribution in [-0.4, -0.2) is 25.5 Å². The van der Waals surface area contributed by atoms with Crippen molar-refractivity contribution in [2.45, 2.75) is 57.4 Å². The van der Waals surface area contributed by atoms with Crippen LogP contribution in [0, 0.1) is 24.7 Å². The van der Waals surface area contributed by atoms with E-state index in [-0.39, 0.29) is 11.3 Å². The Labute approximate surface area is 217 Å². The van der Waals surface area contributed by atoms with Crippen molar-refractivity contribution in [1.82, 2.24) is 19.6 Å². The van der Waals surface area contributed by atoms with Gasteiger partial charge in [0, 0.05) is 23.9 Å². The summed E-state index contributed by atoms with van der Waals surface area (Å²) in [5.74, 6) is 2.79. The number of amides is 1. The van der Waals surface area contributed by atoms with E-state index in [1.54, 1.807) is 0 Å². The van der Waals surface area contributed by atoms with Gasteiger partial charge in [0.05, 0.1) is 23.5 Å². The standard InChI is InChI=1S/C31H33N5O/c1-21-7-9-22(10-8-21)19-35-12-11-28(33-35)32-30(37)27-20-36(26-5-3-2-4-6-26)34-29(27)31-16-23-13-24(17-31)15-25(14-23)18-31/h2-12,20,23-25H,13-19H2,1H3,(H,32,33,37). The highest BCUT2D eigenvalue weighted by molar-refractivity contribution is 6.04. The fourth-order valence-corrected chi connectivity index (χ4v) is 7.63. The lowest BCUT2D eigenvalue weighted by atomic mass is 9.48. The fraction of sp³-hybridized carbons (Fsp3) is 0.387. The van der Waals surface area contributed by atoms with Gasteiger partial charge in [-0.3, -0.25) is 9.48 Å². The predicted octanol–water partition coefficient (Wildman–Crippen LogP) is 6.15. The summed E-state index contributed by atoms with van der Waals surface area (Å²) in [7, 11) is 0. The maximum Gasteiger partial charge on any atom is 0.260 e. The highest BCUT2D eigenvalue weighted by Crippen LogP contribution is 2.60. The molecule has 0 unspecified atom stereocenters. The van der Waals surface area contributed by atoms with E-state index in [1.165, 1.54) is 30.4 Å². The average Bonchev–Trinajstić information content (AvgIpc) is 3.53. The zero-order valence-corrected chi connectivity index (χ0v) is 21.3. The molecule has 4 saturated carbocycles. The summed E-state index contributed by atoms with van der Waals surface area (Å²) in [5, 5.41) is 12.9. The van der Waals surface area contributed by atoms with E-state index in [1.807, 2.05) is 58.2 Å². The highest BCUT2D eigenvalue weighted by atomic mass is 16.1. The molecule has 4 bridgehead atoms. The maximum absolute atomic E-state index is 13.8. The molecule has 6 heteroatoms. The molecule has 4 aromatic rings. The molecule has 0 saturated heterocycles. The van der Waals surface area contributed by atoms with Crippen LogP contribution in [0.15, 0.2) is 73.1 Å². The second-order valence-electron chi connectivity index (χ2n) is 11.7. The summed E-state index contributed by atoms with van der Waals surface area (Å²) >= 11 is 0. The van der Waals surface area contributed by atoms with Crippen molar-refractivity contribution in [3.8, 4) is 5.69 Å². The average molecular weight is 492 g/mol. The number of nitrogens with zero attached hydrogens (tertiary/aromatic N) is 4. The number of benzene rings is 2. The van der Waals surface area contributed by atoms with Gasteiger partial charge in [0.2, 0.25) is 0 Å². The molecule has 1 N–H and O–H groups in total. The van der Waals surface area contributed by atoms with Crippen LogP contribution in [0.3, 0.4) is 0 Å². The van der Waals surface area contributed by atoms with Gasteiger partial charge in [0.15, 0.2) is 5.82 Å². The Morgan fingerprint density at radius 1 is 0.919 bits per heavy atom. The van der Waals surface area contributed by atoms with E-state index in [2.05, 4.69) is 41.6 Å². The molecule has 4 fully saturated rings. The third-order valence-corrected chi connectivity index (χ3v) is 8.87. The van der Waals surface area contributed by atoms with E-state index in [4.69, 9.17) is 5.10 Å². The lowest BCUT2D eigenvalue weighted by Gasteiger charge is -2.56. The quantitative estimate of drug-likeness (QED) is 0.352. The monoisotopic (exact) mass is 491 g/mol. The Kier molecular flexibility index (Phi) is 5.31. The lowest BCUT2D eigenvalue weighted by molar-refractivity contribution is -0.00765. The van der Waals surface area contributed by atoms with Crippen LogP contribution in [0.5, 0.6) is 0 Å². The van der Waals surface area contributed by atoms with Gasteiger partial charge in [-0.2, -0.15) is 10.2 Å². The number of rotatable bonds is 6.